The van der Waals surface area contributed by atoms with Crippen molar-refractivity contribution in [1.29, 1.82) is 0 Å². The van der Waals surface area contributed by atoms with Gasteiger partial charge in [0.05, 0.1) is 11.7 Å². The van der Waals surface area contributed by atoms with Gasteiger partial charge in [-0.2, -0.15) is 0 Å². The maximum absolute atomic E-state index is 13.1. The Morgan fingerprint density at radius 2 is 1.48 bits per heavy atom. The van der Waals surface area contributed by atoms with Gasteiger partial charge in [-0.3, -0.25) is 4.79 Å². The summed E-state index contributed by atoms with van der Waals surface area (Å²) in [4.78, 5) is 24.5. The second-order valence-electron chi connectivity index (χ2n) is 19.4. The number of hydrogen-bond donors (Lipinski definition) is 4. The number of aliphatic hydroxyl groups excluding tert-OH is 1. The first-order chi connectivity index (χ1) is 24.6. The molecule has 6 nitrogen and oxygen atoms in total. The SMILES string of the molecule is C=C(C)[C@@H]1CC[C@]2(CNCc3cccc(C(=O)NCc4cccc(C(=O)O)c4)c3)CC[C@@]3(C)C(CCC4[C@@]5(C)CC[C@H](O)C(C)(C)C5CC[C@]43C)C12. The first-order valence-electron chi connectivity index (χ1n) is 20.3. The third-order valence-corrected chi connectivity index (χ3v) is 16.8. The van der Waals surface area contributed by atoms with E-state index in [9.17, 15) is 19.8 Å². The molecule has 0 heterocycles. The zero-order valence-corrected chi connectivity index (χ0v) is 32.7. The van der Waals surface area contributed by atoms with Crippen molar-refractivity contribution in [3.63, 3.8) is 0 Å². The van der Waals surface area contributed by atoms with Crippen molar-refractivity contribution >= 4 is 11.9 Å². The molecule has 6 heteroatoms. The maximum Gasteiger partial charge on any atom is 0.335 e. The molecule has 1 amide bonds. The smallest absolute Gasteiger partial charge is 0.335 e. The molecular formula is C46H64N2O4. The van der Waals surface area contributed by atoms with Crippen molar-refractivity contribution in [1.82, 2.24) is 10.6 Å². The lowest BCUT2D eigenvalue weighted by Crippen LogP contribution is -2.67. The van der Waals surface area contributed by atoms with E-state index in [1.165, 1.54) is 63.4 Å². The molecule has 2 aromatic rings. The Hall–Kier alpha value is -2.96. The van der Waals surface area contributed by atoms with Gasteiger partial charge < -0.3 is 20.8 Å². The fraction of sp³-hybridized carbons (Fsp3) is 0.652. The predicted molar refractivity (Wildman–Crippen MR) is 208 cm³/mol. The van der Waals surface area contributed by atoms with Crippen LogP contribution in [-0.4, -0.2) is 34.7 Å². The highest BCUT2D eigenvalue weighted by Gasteiger charge is 2.70. The van der Waals surface area contributed by atoms with E-state index in [-0.39, 0.29) is 34.9 Å². The lowest BCUT2D eigenvalue weighted by atomic mass is 9.32. The minimum absolute atomic E-state index is 0.0185. The summed E-state index contributed by atoms with van der Waals surface area (Å²) >= 11 is 0. The number of carboxylic acid groups (broad SMARTS) is 1. The normalized spacial score (nSPS) is 39.0. The van der Waals surface area contributed by atoms with Crippen LogP contribution in [-0.2, 0) is 13.1 Å². The minimum atomic E-state index is -0.974. The van der Waals surface area contributed by atoms with Crippen molar-refractivity contribution in [3.05, 3.63) is 82.9 Å². The van der Waals surface area contributed by atoms with Gasteiger partial charge in [0.25, 0.3) is 5.91 Å². The van der Waals surface area contributed by atoms with Gasteiger partial charge in [0.15, 0.2) is 0 Å². The predicted octanol–water partition coefficient (Wildman–Crippen LogP) is 9.42. The van der Waals surface area contributed by atoms with Crippen LogP contribution in [0.4, 0.5) is 0 Å². The molecule has 5 fully saturated rings. The third-order valence-electron chi connectivity index (χ3n) is 16.8. The highest BCUT2D eigenvalue weighted by Crippen LogP contribution is 2.77. The van der Waals surface area contributed by atoms with E-state index < -0.39 is 5.97 Å². The van der Waals surface area contributed by atoms with Gasteiger partial charge in [-0.05, 0) is 163 Å². The number of benzene rings is 2. The largest absolute Gasteiger partial charge is 0.478 e. The number of hydrogen-bond acceptors (Lipinski definition) is 4. The molecule has 5 aliphatic carbocycles. The Morgan fingerprint density at radius 1 is 0.788 bits per heavy atom. The van der Waals surface area contributed by atoms with E-state index in [0.717, 1.165) is 30.6 Å². The van der Waals surface area contributed by atoms with E-state index in [2.05, 4.69) is 64.8 Å². The quantitative estimate of drug-likeness (QED) is 0.195. The average Bonchev–Trinajstić information content (AvgIpc) is 3.49. The first-order valence-corrected chi connectivity index (χ1v) is 20.3. The monoisotopic (exact) mass is 708 g/mol. The molecule has 0 radical (unpaired) electrons. The number of rotatable bonds is 9. The number of carboxylic acids is 1. The molecule has 7 rings (SSSR count). The molecule has 4 unspecified atom stereocenters. The summed E-state index contributed by atoms with van der Waals surface area (Å²) in [6.07, 6.45) is 12.1. The number of aliphatic hydroxyl groups is 1. The van der Waals surface area contributed by atoms with Gasteiger partial charge in [0, 0.05) is 25.2 Å². The van der Waals surface area contributed by atoms with Crippen LogP contribution >= 0.6 is 0 Å². The van der Waals surface area contributed by atoms with Gasteiger partial charge in [-0.25, -0.2) is 4.79 Å². The van der Waals surface area contributed by atoms with Crippen LogP contribution in [0.5, 0.6) is 0 Å². The summed E-state index contributed by atoms with van der Waals surface area (Å²) in [6.45, 7) is 21.6. The maximum atomic E-state index is 13.1. The fourth-order valence-corrected chi connectivity index (χ4v) is 14.0. The van der Waals surface area contributed by atoms with Crippen LogP contribution < -0.4 is 10.6 Å². The summed E-state index contributed by atoms with van der Waals surface area (Å²) in [5, 5.41) is 27.3. The molecule has 282 valence electrons. The summed E-state index contributed by atoms with van der Waals surface area (Å²) in [6, 6.07) is 14.6. The standard InChI is InChI=1S/C46H64N2O4/c1-29(2)34-16-21-46(28-47-26-30-10-8-12-32(24-30)40(50)48-27-31-11-9-13-33(25-31)41(51)52)23-22-44(6)35(39(34)46)14-15-37-43(5)19-18-38(49)42(3,4)36(43)17-20-45(37,44)7/h8-13,24-25,34-39,47,49H,1,14-23,26-28H2,2-7H3,(H,48,50)(H,51,52)/t34-,35?,36?,37?,38-,39?,43-,44-,45+,46+/m0/s1. The van der Waals surface area contributed by atoms with E-state index in [1.807, 2.05) is 24.3 Å². The summed E-state index contributed by atoms with van der Waals surface area (Å²) in [5.74, 6) is 2.07. The van der Waals surface area contributed by atoms with Crippen LogP contribution in [0.2, 0.25) is 0 Å². The van der Waals surface area contributed by atoms with Crippen molar-refractivity contribution in [2.75, 3.05) is 6.54 Å². The summed E-state index contributed by atoms with van der Waals surface area (Å²) in [7, 11) is 0. The molecule has 0 aliphatic heterocycles. The number of amides is 1. The first kappa shape index (κ1) is 37.4. The summed E-state index contributed by atoms with van der Waals surface area (Å²) < 4.78 is 0. The number of aromatic carboxylic acids is 1. The van der Waals surface area contributed by atoms with Gasteiger partial charge in [-0.15, -0.1) is 0 Å². The highest BCUT2D eigenvalue weighted by molar-refractivity contribution is 5.94. The van der Waals surface area contributed by atoms with Crippen LogP contribution in [0.3, 0.4) is 0 Å². The molecule has 52 heavy (non-hydrogen) atoms. The number of fused-ring (bicyclic) bond motifs is 7. The fourth-order valence-electron chi connectivity index (χ4n) is 14.0. The van der Waals surface area contributed by atoms with E-state index >= 15 is 0 Å². The molecule has 10 atom stereocenters. The van der Waals surface area contributed by atoms with Crippen molar-refractivity contribution < 1.29 is 19.8 Å². The molecular weight excluding hydrogens is 645 g/mol. The number of nitrogens with one attached hydrogen (secondary N) is 2. The number of carbonyl (C=O) groups is 2. The Balaban J connectivity index is 1.06. The van der Waals surface area contributed by atoms with Gasteiger partial charge in [0.2, 0.25) is 0 Å². The molecule has 0 spiro atoms. The second kappa shape index (κ2) is 13.4. The Labute approximate surface area is 312 Å². The van der Waals surface area contributed by atoms with Crippen LogP contribution in [0.15, 0.2) is 60.7 Å². The molecule has 0 saturated heterocycles. The molecule has 4 N–H and O–H groups in total. The second-order valence-corrected chi connectivity index (χ2v) is 19.4. The zero-order chi connectivity index (χ0) is 37.3. The Bertz CT molecular complexity index is 1720. The Kier molecular flexibility index (Phi) is 9.63. The lowest BCUT2D eigenvalue weighted by molar-refractivity contribution is -0.247. The van der Waals surface area contributed by atoms with Crippen LogP contribution in [0.25, 0.3) is 0 Å². The molecule has 2 aromatic carbocycles. The lowest BCUT2D eigenvalue weighted by Gasteiger charge is -2.73. The van der Waals surface area contributed by atoms with Crippen molar-refractivity contribution in [2.45, 2.75) is 125 Å². The van der Waals surface area contributed by atoms with E-state index in [1.54, 1.807) is 18.2 Å². The molecule has 5 aliphatic rings. The topological polar surface area (TPSA) is 98.7 Å². The van der Waals surface area contributed by atoms with E-state index in [0.29, 0.717) is 51.4 Å². The Morgan fingerprint density at radius 3 is 2.19 bits per heavy atom. The van der Waals surface area contributed by atoms with Gasteiger partial charge in [0.1, 0.15) is 0 Å². The number of allylic oxidation sites excluding steroid dienone is 1. The van der Waals surface area contributed by atoms with Crippen molar-refractivity contribution in [3.8, 4) is 0 Å². The van der Waals surface area contributed by atoms with Crippen LogP contribution in [0, 0.1) is 56.7 Å². The molecule has 0 aromatic heterocycles. The van der Waals surface area contributed by atoms with Crippen LogP contribution in [0.1, 0.15) is 138 Å². The minimum Gasteiger partial charge on any atom is -0.478 e. The zero-order valence-electron chi connectivity index (χ0n) is 32.7. The van der Waals surface area contributed by atoms with Gasteiger partial charge in [-0.1, -0.05) is 71.0 Å². The number of carbonyl (C=O) groups excluding carboxylic acids is 1. The summed E-state index contributed by atoms with van der Waals surface area (Å²) in [5.41, 5.74) is 5.20. The van der Waals surface area contributed by atoms with Gasteiger partial charge >= 0.3 is 5.97 Å². The average molecular weight is 709 g/mol. The van der Waals surface area contributed by atoms with E-state index in [4.69, 9.17) is 0 Å². The third kappa shape index (κ3) is 5.90. The molecule has 5 saturated carbocycles. The van der Waals surface area contributed by atoms with Crippen molar-refractivity contribution in [2.24, 2.45) is 56.7 Å². The highest BCUT2D eigenvalue weighted by atomic mass is 16.4. The molecule has 0 bridgehead atoms.